The second kappa shape index (κ2) is 8.67. The highest BCUT2D eigenvalue weighted by molar-refractivity contribution is 6.11. The molecule has 0 aliphatic carbocycles. The van der Waals surface area contributed by atoms with Gasteiger partial charge in [-0.05, 0) is 29.8 Å². The Morgan fingerprint density at radius 1 is 0.727 bits per heavy atom. The quantitative estimate of drug-likeness (QED) is 0.321. The summed E-state index contributed by atoms with van der Waals surface area (Å²) in [5.74, 6) is -1.06. The molecule has 0 bridgehead atoms. The summed E-state index contributed by atoms with van der Waals surface area (Å²) in [5.41, 5.74) is 2.45. The summed E-state index contributed by atoms with van der Waals surface area (Å²) in [6.45, 7) is 0. The molecule has 0 amide bonds. The summed E-state index contributed by atoms with van der Waals surface area (Å²) in [5, 5.41) is -0.0857. The first kappa shape index (κ1) is 20.6. The topological polar surface area (TPSA) is 39.1 Å². The van der Waals surface area contributed by atoms with Gasteiger partial charge in [0.2, 0.25) is 5.43 Å². The molecule has 0 spiro atoms. The lowest BCUT2D eigenvalue weighted by molar-refractivity contribution is 0.103. The van der Waals surface area contributed by atoms with Crippen LogP contribution in [0.1, 0.15) is 27.2 Å². The normalized spacial score (nSPS) is 10.9. The van der Waals surface area contributed by atoms with Gasteiger partial charge in [0.1, 0.15) is 5.82 Å². The van der Waals surface area contributed by atoms with Gasteiger partial charge in [0.25, 0.3) is 0 Å². The molecule has 3 nitrogen and oxygen atoms in total. The van der Waals surface area contributed by atoms with Crippen LogP contribution in [0.2, 0.25) is 0 Å². The lowest BCUT2D eigenvalue weighted by Crippen LogP contribution is -2.25. The molecule has 0 saturated heterocycles. The van der Waals surface area contributed by atoms with Gasteiger partial charge in [-0.2, -0.15) is 0 Å². The molecular weight excluding hydrogens is 413 g/mol. The van der Waals surface area contributed by atoms with Gasteiger partial charge >= 0.3 is 0 Å². The molecule has 0 radical (unpaired) electrons. The number of carbonyl (C=O) groups excluding carboxylic acids is 1. The summed E-state index contributed by atoms with van der Waals surface area (Å²) in [6.07, 6.45) is 0.339. The summed E-state index contributed by atoms with van der Waals surface area (Å²) in [4.78, 5) is 27.4. The van der Waals surface area contributed by atoms with Crippen LogP contribution in [-0.4, -0.2) is 10.4 Å². The first-order valence-corrected chi connectivity index (χ1v) is 10.7. The van der Waals surface area contributed by atoms with Crippen molar-refractivity contribution in [2.24, 2.45) is 0 Å². The van der Waals surface area contributed by atoms with E-state index in [-0.39, 0.29) is 10.9 Å². The highest BCUT2D eigenvalue weighted by Gasteiger charge is 2.25. The molecule has 5 rings (SSSR count). The molecule has 0 aliphatic rings. The number of rotatable bonds is 5. The van der Waals surface area contributed by atoms with Crippen molar-refractivity contribution in [1.82, 2.24) is 4.57 Å². The number of hydrogen-bond acceptors (Lipinski definition) is 2. The van der Waals surface area contributed by atoms with Crippen molar-refractivity contribution < 1.29 is 9.18 Å². The van der Waals surface area contributed by atoms with E-state index in [0.29, 0.717) is 23.2 Å². The van der Waals surface area contributed by atoms with E-state index in [9.17, 15) is 9.59 Å². The van der Waals surface area contributed by atoms with Crippen molar-refractivity contribution in [2.75, 3.05) is 0 Å². The molecule has 0 fully saturated rings. The molecule has 0 unspecified atom stereocenters. The van der Waals surface area contributed by atoms with Crippen LogP contribution in [0.3, 0.4) is 0 Å². The van der Waals surface area contributed by atoms with E-state index < -0.39 is 17.0 Å². The fourth-order valence-electron chi connectivity index (χ4n) is 4.23. The Morgan fingerprint density at radius 3 is 2.00 bits per heavy atom. The number of pyridine rings is 1. The molecule has 4 aromatic carbocycles. The highest BCUT2D eigenvalue weighted by Crippen LogP contribution is 2.27. The Kier molecular flexibility index (Phi) is 5.41. The van der Waals surface area contributed by atoms with Crippen molar-refractivity contribution in [3.05, 3.63) is 148 Å². The van der Waals surface area contributed by atoms with Gasteiger partial charge in [-0.1, -0.05) is 84.9 Å². The van der Waals surface area contributed by atoms with E-state index in [1.54, 1.807) is 36.4 Å². The summed E-state index contributed by atoms with van der Waals surface area (Å²) in [6, 6.07) is 32.3. The molecule has 160 valence electrons. The number of ketones is 1. The lowest BCUT2D eigenvalue weighted by Gasteiger charge is -2.21. The monoisotopic (exact) mass is 433 g/mol. The molecule has 0 atom stereocenters. The predicted octanol–water partition coefficient (Wildman–Crippen LogP) is 5.95. The van der Waals surface area contributed by atoms with Crippen LogP contribution >= 0.6 is 0 Å². The van der Waals surface area contributed by atoms with Crippen LogP contribution in [0.25, 0.3) is 16.6 Å². The molecular formula is C29H20FNO2. The number of aromatic nitrogens is 1. The van der Waals surface area contributed by atoms with Crippen LogP contribution in [0.5, 0.6) is 0 Å². The van der Waals surface area contributed by atoms with Gasteiger partial charge in [-0.3, -0.25) is 9.59 Å². The third kappa shape index (κ3) is 3.76. The number of para-hydroxylation sites is 1. The van der Waals surface area contributed by atoms with E-state index in [1.165, 1.54) is 6.07 Å². The standard InChI is InChI=1S/C29H20FNO2/c30-23-17-10-18-24-26(23)29(33)27(28(32)21-13-6-2-7-14-21)25(19-20-11-4-1-5-12-20)31(24)22-15-8-3-9-16-22/h1-18H,19H2. The van der Waals surface area contributed by atoms with E-state index in [1.807, 2.05) is 71.3 Å². The van der Waals surface area contributed by atoms with Gasteiger partial charge in [-0.15, -0.1) is 0 Å². The molecule has 4 heteroatoms. The van der Waals surface area contributed by atoms with E-state index >= 15 is 4.39 Å². The van der Waals surface area contributed by atoms with Crippen molar-refractivity contribution in [1.29, 1.82) is 0 Å². The SMILES string of the molecule is O=C(c1ccccc1)c1c(Cc2ccccc2)n(-c2ccccc2)c2cccc(F)c2c1=O. The molecule has 1 aromatic heterocycles. The summed E-state index contributed by atoms with van der Waals surface area (Å²) in [7, 11) is 0. The maximum atomic E-state index is 15.0. The third-order valence-electron chi connectivity index (χ3n) is 5.74. The summed E-state index contributed by atoms with van der Waals surface area (Å²) < 4.78 is 16.9. The van der Waals surface area contributed by atoms with Crippen LogP contribution in [-0.2, 0) is 6.42 Å². The predicted molar refractivity (Wildman–Crippen MR) is 129 cm³/mol. The smallest absolute Gasteiger partial charge is 0.203 e. The zero-order valence-corrected chi connectivity index (χ0v) is 17.7. The Morgan fingerprint density at radius 2 is 1.33 bits per heavy atom. The van der Waals surface area contributed by atoms with Crippen LogP contribution in [0.4, 0.5) is 4.39 Å². The number of nitrogens with zero attached hydrogens (tertiary/aromatic N) is 1. The Balaban J connectivity index is 1.92. The maximum Gasteiger partial charge on any atom is 0.203 e. The molecule has 0 aliphatic heterocycles. The van der Waals surface area contributed by atoms with E-state index in [2.05, 4.69) is 0 Å². The molecule has 33 heavy (non-hydrogen) atoms. The molecule has 0 saturated carbocycles. The van der Waals surface area contributed by atoms with Crippen molar-refractivity contribution in [3.63, 3.8) is 0 Å². The lowest BCUT2D eigenvalue weighted by atomic mass is 9.95. The van der Waals surface area contributed by atoms with Crippen LogP contribution in [0, 0.1) is 5.82 Å². The minimum Gasteiger partial charge on any atom is -0.312 e. The largest absolute Gasteiger partial charge is 0.312 e. The second-order valence-electron chi connectivity index (χ2n) is 7.81. The van der Waals surface area contributed by atoms with E-state index in [4.69, 9.17) is 0 Å². The van der Waals surface area contributed by atoms with Gasteiger partial charge in [-0.25, -0.2) is 4.39 Å². The van der Waals surface area contributed by atoms with Gasteiger partial charge < -0.3 is 4.57 Å². The second-order valence-corrected chi connectivity index (χ2v) is 7.81. The Bertz CT molecular complexity index is 1510. The van der Waals surface area contributed by atoms with Gasteiger partial charge in [0.05, 0.1) is 16.5 Å². The number of halogens is 1. The van der Waals surface area contributed by atoms with Crippen molar-refractivity contribution in [2.45, 2.75) is 6.42 Å². The fraction of sp³-hybridized carbons (Fsp3) is 0.0345. The number of carbonyl (C=O) groups is 1. The molecule has 0 N–H and O–H groups in total. The minimum atomic E-state index is -0.643. The number of benzene rings is 4. The van der Waals surface area contributed by atoms with Crippen LogP contribution < -0.4 is 5.43 Å². The van der Waals surface area contributed by atoms with Crippen LogP contribution in [0.15, 0.2) is 114 Å². The number of fused-ring (bicyclic) bond motifs is 1. The molecule has 1 heterocycles. The Labute approximate surface area is 190 Å². The van der Waals surface area contributed by atoms with E-state index in [0.717, 1.165) is 11.3 Å². The zero-order valence-electron chi connectivity index (χ0n) is 17.7. The van der Waals surface area contributed by atoms with Crippen molar-refractivity contribution in [3.8, 4) is 5.69 Å². The first-order valence-electron chi connectivity index (χ1n) is 10.7. The third-order valence-corrected chi connectivity index (χ3v) is 5.74. The fourth-order valence-corrected chi connectivity index (χ4v) is 4.23. The van der Waals surface area contributed by atoms with Gasteiger partial charge in [0.15, 0.2) is 5.78 Å². The molecule has 5 aromatic rings. The average molecular weight is 433 g/mol. The Hall–Kier alpha value is -4.31. The van der Waals surface area contributed by atoms with Crippen molar-refractivity contribution >= 4 is 16.7 Å². The first-order chi connectivity index (χ1) is 16.1. The summed E-state index contributed by atoms with van der Waals surface area (Å²) >= 11 is 0. The highest BCUT2D eigenvalue weighted by atomic mass is 19.1. The van der Waals surface area contributed by atoms with Gasteiger partial charge in [0, 0.05) is 23.4 Å². The maximum absolute atomic E-state index is 15.0. The average Bonchev–Trinajstić information content (AvgIpc) is 2.86. The number of hydrogen-bond donors (Lipinski definition) is 0. The zero-order chi connectivity index (χ0) is 22.8. The minimum absolute atomic E-state index is 0.00786.